The van der Waals surface area contributed by atoms with Crippen LogP contribution < -0.4 is 5.73 Å². The van der Waals surface area contributed by atoms with Gasteiger partial charge in [0.15, 0.2) is 0 Å². The van der Waals surface area contributed by atoms with Crippen molar-refractivity contribution in [1.82, 2.24) is 20.2 Å². The molecule has 37 heavy (non-hydrogen) atoms. The minimum Gasteiger partial charge on any atom is -0.389 e. The predicted molar refractivity (Wildman–Crippen MR) is 141 cm³/mol. The van der Waals surface area contributed by atoms with Crippen LogP contribution in [0.1, 0.15) is 31.2 Å². The maximum Gasteiger partial charge on any atom is 0.131 e. The summed E-state index contributed by atoms with van der Waals surface area (Å²) in [6, 6.07) is 20.4. The molecular formula is C30H26FN5O. The third-order valence-electron chi connectivity index (χ3n) is 7.96. The van der Waals surface area contributed by atoms with Crippen LogP contribution in [0.3, 0.4) is 0 Å². The molecule has 4 N–H and O–H groups in total. The largest absolute Gasteiger partial charge is 0.389 e. The fourth-order valence-corrected chi connectivity index (χ4v) is 5.91. The van der Waals surface area contributed by atoms with Gasteiger partial charge in [-0.25, -0.2) is 9.37 Å². The van der Waals surface area contributed by atoms with E-state index in [1.807, 2.05) is 48.5 Å². The summed E-state index contributed by atoms with van der Waals surface area (Å²) >= 11 is 0. The van der Waals surface area contributed by atoms with Gasteiger partial charge < -0.3 is 10.8 Å². The molecule has 0 spiro atoms. The van der Waals surface area contributed by atoms with Gasteiger partial charge in [0.05, 0.1) is 22.5 Å². The van der Waals surface area contributed by atoms with Crippen molar-refractivity contribution in [3.8, 4) is 33.8 Å². The van der Waals surface area contributed by atoms with Gasteiger partial charge >= 0.3 is 0 Å². The monoisotopic (exact) mass is 491 g/mol. The molecule has 2 aromatic carbocycles. The van der Waals surface area contributed by atoms with Crippen LogP contribution in [-0.4, -0.2) is 30.9 Å². The molecule has 3 aromatic heterocycles. The third kappa shape index (κ3) is 3.65. The van der Waals surface area contributed by atoms with Gasteiger partial charge in [-0.1, -0.05) is 42.5 Å². The maximum atomic E-state index is 15.1. The van der Waals surface area contributed by atoms with Crippen molar-refractivity contribution in [2.24, 2.45) is 11.7 Å². The molecule has 6 nitrogen and oxygen atoms in total. The van der Waals surface area contributed by atoms with E-state index in [0.717, 1.165) is 34.9 Å². The number of nitrogens with zero attached hydrogens (tertiary/aromatic N) is 3. The Bertz CT molecular complexity index is 1620. The van der Waals surface area contributed by atoms with E-state index in [0.29, 0.717) is 47.0 Å². The predicted octanol–water partition coefficient (Wildman–Crippen LogP) is 5.58. The van der Waals surface area contributed by atoms with E-state index >= 15 is 4.39 Å². The van der Waals surface area contributed by atoms with E-state index in [4.69, 9.17) is 10.7 Å². The number of nitrogens with one attached hydrogen (secondary N) is 1. The molecule has 2 aliphatic rings. The lowest BCUT2D eigenvalue weighted by molar-refractivity contribution is -0.106. The second kappa shape index (κ2) is 8.03. The molecule has 0 unspecified atom stereocenters. The Morgan fingerprint density at radius 3 is 2.43 bits per heavy atom. The third-order valence-corrected chi connectivity index (χ3v) is 7.96. The smallest absolute Gasteiger partial charge is 0.131 e. The topological polar surface area (TPSA) is 101 Å². The summed E-state index contributed by atoms with van der Waals surface area (Å²) in [5.74, 6) is 0.0795. The minimum atomic E-state index is -0.620. The summed E-state index contributed by atoms with van der Waals surface area (Å²) in [7, 11) is 0. The fraction of sp³-hybridized carbons (Fsp3) is 0.233. The highest BCUT2D eigenvalue weighted by molar-refractivity contribution is 5.98. The Hall–Kier alpha value is -3.94. The molecule has 0 atom stereocenters. The van der Waals surface area contributed by atoms with E-state index < -0.39 is 11.1 Å². The van der Waals surface area contributed by atoms with Crippen molar-refractivity contribution >= 4 is 10.9 Å². The summed E-state index contributed by atoms with van der Waals surface area (Å²) in [4.78, 5) is 9.54. The van der Waals surface area contributed by atoms with Gasteiger partial charge in [0.1, 0.15) is 11.5 Å². The zero-order valence-corrected chi connectivity index (χ0v) is 20.2. The lowest BCUT2D eigenvalue weighted by Crippen LogP contribution is -2.60. The van der Waals surface area contributed by atoms with Crippen molar-refractivity contribution in [2.45, 2.75) is 36.8 Å². The minimum absolute atomic E-state index is 0.318. The number of nitrogens with two attached hydrogens (primary N) is 1. The second-order valence-electron chi connectivity index (χ2n) is 10.5. The van der Waals surface area contributed by atoms with Crippen molar-refractivity contribution < 1.29 is 9.50 Å². The number of aromatic amines is 1. The van der Waals surface area contributed by atoms with E-state index in [2.05, 4.69) is 15.2 Å². The number of fused-ring (bicyclic) bond motifs is 1. The molecule has 2 aliphatic carbocycles. The summed E-state index contributed by atoms with van der Waals surface area (Å²) in [6.07, 6.45) is 6.81. The first-order valence-electron chi connectivity index (χ1n) is 12.6. The second-order valence-corrected chi connectivity index (χ2v) is 10.5. The van der Waals surface area contributed by atoms with Crippen LogP contribution in [0.25, 0.3) is 44.7 Å². The van der Waals surface area contributed by atoms with Gasteiger partial charge in [-0.3, -0.25) is 10.1 Å². The van der Waals surface area contributed by atoms with Gasteiger partial charge in [0.2, 0.25) is 0 Å². The number of pyridine rings is 2. The molecule has 184 valence electrons. The Balaban J connectivity index is 1.34. The van der Waals surface area contributed by atoms with Gasteiger partial charge in [-0.05, 0) is 61.4 Å². The Morgan fingerprint density at radius 1 is 0.946 bits per heavy atom. The lowest BCUT2D eigenvalue weighted by Gasteiger charge is -2.52. The van der Waals surface area contributed by atoms with Crippen LogP contribution in [0.4, 0.5) is 4.39 Å². The molecule has 0 amide bonds. The highest BCUT2D eigenvalue weighted by Crippen LogP contribution is 2.57. The molecule has 5 aromatic rings. The first kappa shape index (κ1) is 22.3. The zero-order chi connectivity index (χ0) is 25.2. The fourth-order valence-electron chi connectivity index (χ4n) is 5.91. The van der Waals surface area contributed by atoms with Crippen molar-refractivity contribution in [1.29, 1.82) is 0 Å². The number of aromatic nitrogens is 4. The summed E-state index contributed by atoms with van der Waals surface area (Å²) < 4.78 is 15.1. The molecule has 2 saturated carbocycles. The van der Waals surface area contributed by atoms with Crippen LogP contribution in [0.2, 0.25) is 0 Å². The van der Waals surface area contributed by atoms with Crippen molar-refractivity contribution in [3.63, 3.8) is 0 Å². The molecular weight excluding hydrogens is 465 g/mol. The van der Waals surface area contributed by atoms with Crippen LogP contribution in [0.15, 0.2) is 79.1 Å². The van der Waals surface area contributed by atoms with Gasteiger partial charge in [-0.15, -0.1) is 0 Å². The maximum absolute atomic E-state index is 15.1. The van der Waals surface area contributed by atoms with Crippen LogP contribution in [-0.2, 0) is 5.54 Å². The molecule has 0 aliphatic heterocycles. The summed E-state index contributed by atoms with van der Waals surface area (Å²) in [6.45, 7) is 0. The van der Waals surface area contributed by atoms with Crippen molar-refractivity contribution in [2.75, 3.05) is 0 Å². The van der Waals surface area contributed by atoms with Gasteiger partial charge in [0, 0.05) is 40.0 Å². The van der Waals surface area contributed by atoms with Crippen molar-refractivity contribution in [3.05, 3.63) is 90.5 Å². The normalized spacial score (nSPS) is 23.2. The van der Waals surface area contributed by atoms with Crippen LogP contribution >= 0.6 is 0 Å². The molecule has 0 bridgehead atoms. The quantitative estimate of drug-likeness (QED) is 0.298. The highest BCUT2D eigenvalue weighted by Gasteiger charge is 2.58. The van der Waals surface area contributed by atoms with E-state index in [9.17, 15) is 5.11 Å². The van der Waals surface area contributed by atoms with E-state index in [-0.39, 0.29) is 5.82 Å². The Kier molecular flexibility index (Phi) is 4.83. The average Bonchev–Trinajstić information content (AvgIpc) is 3.62. The number of rotatable bonds is 5. The number of hydrogen-bond acceptors (Lipinski definition) is 5. The average molecular weight is 492 g/mol. The first-order chi connectivity index (χ1) is 17.9. The number of H-pyrrole nitrogens is 1. The molecule has 2 fully saturated rings. The molecule has 7 rings (SSSR count). The SMILES string of the molecule is N[C@]1(c2ccc(-c3nc4ccnc(-c5cc[nH]n5)c4cc3-c3ccccc3F)cc2)C[C@](O)(C2CC2)C1. The Morgan fingerprint density at radius 2 is 1.73 bits per heavy atom. The standard InChI is InChI=1S/C30H26FN5O/c31-24-4-2-1-3-21(24)22-15-23-25(11-13-33-28(23)26-12-14-34-36-26)35-27(22)18-5-7-19(8-6-18)29(32)16-30(37,17-29)20-9-10-20/h1-8,11-15,20,37H,9-10,16-17,32H2,(H,34,36)/t29-,30-. The van der Waals surface area contributed by atoms with Gasteiger partial charge in [-0.2, -0.15) is 5.10 Å². The number of halogens is 1. The van der Waals surface area contributed by atoms with Crippen LogP contribution in [0.5, 0.6) is 0 Å². The van der Waals surface area contributed by atoms with E-state index in [1.54, 1.807) is 24.5 Å². The number of aliphatic hydroxyl groups is 1. The summed E-state index contributed by atoms with van der Waals surface area (Å²) in [5, 5.41) is 18.7. The molecule has 0 saturated heterocycles. The molecule has 3 heterocycles. The van der Waals surface area contributed by atoms with E-state index in [1.165, 1.54) is 6.07 Å². The number of hydrogen-bond donors (Lipinski definition) is 3. The van der Waals surface area contributed by atoms with Crippen LogP contribution in [0, 0.1) is 11.7 Å². The first-order valence-corrected chi connectivity index (χ1v) is 12.6. The Labute approximate surface area is 213 Å². The molecule has 0 radical (unpaired) electrons. The number of benzene rings is 2. The summed E-state index contributed by atoms with van der Waals surface area (Å²) in [5.41, 5.74) is 11.4. The lowest BCUT2D eigenvalue weighted by atomic mass is 9.60. The molecule has 7 heteroatoms. The highest BCUT2D eigenvalue weighted by atomic mass is 19.1. The zero-order valence-electron chi connectivity index (χ0n) is 20.2. The van der Waals surface area contributed by atoms with Gasteiger partial charge in [0.25, 0.3) is 0 Å².